The minimum atomic E-state index is -3.61. The lowest BCUT2D eigenvalue weighted by molar-refractivity contribution is -0.116. The minimum absolute atomic E-state index is 0.145. The van der Waals surface area contributed by atoms with Gasteiger partial charge in [-0.25, -0.2) is 8.42 Å². The lowest BCUT2D eigenvalue weighted by Crippen LogP contribution is -2.23. The van der Waals surface area contributed by atoms with Gasteiger partial charge in [-0.15, -0.1) is 0 Å². The van der Waals surface area contributed by atoms with Gasteiger partial charge in [-0.1, -0.05) is 34.1 Å². The number of nitrogens with zero attached hydrogens (tertiary/aromatic N) is 1. The van der Waals surface area contributed by atoms with E-state index in [1.807, 2.05) is 0 Å². The van der Waals surface area contributed by atoms with Crippen molar-refractivity contribution in [3.8, 4) is 0 Å². The first-order valence-corrected chi connectivity index (χ1v) is 8.45. The van der Waals surface area contributed by atoms with E-state index in [0.29, 0.717) is 10.2 Å². The number of hydrogen-bond donors (Lipinski definition) is 0. The third kappa shape index (κ3) is 3.33. The zero-order chi connectivity index (χ0) is 15.6. The van der Waals surface area contributed by atoms with Crippen LogP contribution in [-0.4, -0.2) is 21.4 Å². The number of carbonyl (C=O) groups excluding carboxylic acids is 1. The van der Waals surface area contributed by atoms with Crippen LogP contribution < -0.4 is 4.90 Å². The third-order valence-corrected chi connectivity index (χ3v) is 5.29. The van der Waals surface area contributed by atoms with E-state index in [0.717, 1.165) is 0 Å². The Balaban J connectivity index is 2.57. The van der Waals surface area contributed by atoms with E-state index >= 15 is 0 Å². The van der Waals surface area contributed by atoms with Crippen molar-refractivity contribution in [2.75, 3.05) is 11.9 Å². The van der Waals surface area contributed by atoms with Gasteiger partial charge in [0, 0.05) is 24.1 Å². The molecule has 110 valence electrons. The summed E-state index contributed by atoms with van der Waals surface area (Å²) in [5.41, 5.74) is 0.520. The van der Waals surface area contributed by atoms with Crippen molar-refractivity contribution in [3.05, 3.63) is 53.0 Å². The maximum Gasteiger partial charge on any atom is 0.223 e. The summed E-state index contributed by atoms with van der Waals surface area (Å²) in [6.07, 6.45) is 0. The van der Waals surface area contributed by atoms with E-state index in [4.69, 9.17) is 0 Å². The van der Waals surface area contributed by atoms with Crippen molar-refractivity contribution in [2.24, 2.45) is 0 Å². The lowest BCUT2D eigenvalue weighted by atomic mass is 10.3. The molecular weight excluding hydrogens is 354 g/mol. The molecule has 0 unspecified atom stereocenters. The molecular formula is C15H14BrNO3S. The Morgan fingerprint density at radius 2 is 1.67 bits per heavy atom. The number of amides is 1. The molecule has 2 rings (SSSR count). The standard InChI is InChI=1S/C15H14BrNO3S/c1-11(18)17(2)13-8-12(16)9-15(10-13)21(19,20)14-6-4-3-5-7-14/h3-10H,1-2H3. The van der Waals surface area contributed by atoms with E-state index in [-0.39, 0.29) is 15.7 Å². The topological polar surface area (TPSA) is 54.5 Å². The summed E-state index contributed by atoms with van der Waals surface area (Å²) in [6.45, 7) is 1.42. The summed E-state index contributed by atoms with van der Waals surface area (Å²) in [7, 11) is -2.01. The molecule has 0 atom stereocenters. The molecule has 0 bridgehead atoms. The number of halogens is 1. The van der Waals surface area contributed by atoms with E-state index in [1.165, 1.54) is 24.0 Å². The highest BCUT2D eigenvalue weighted by Crippen LogP contribution is 2.28. The van der Waals surface area contributed by atoms with Gasteiger partial charge in [0.2, 0.25) is 15.7 Å². The highest BCUT2D eigenvalue weighted by molar-refractivity contribution is 9.10. The number of rotatable bonds is 3. The zero-order valence-electron chi connectivity index (χ0n) is 11.6. The molecule has 4 nitrogen and oxygen atoms in total. The molecule has 0 spiro atoms. The van der Waals surface area contributed by atoms with Crippen LogP contribution in [0, 0.1) is 0 Å². The molecule has 0 saturated carbocycles. The molecule has 2 aromatic rings. The normalized spacial score (nSPS) is 11.2. The Kier molecular flexibility index (Phi) is 4.49. The average Bonchev–Trinajstić information content (AvgIpc) is 2.46. The third-order valence-electron chi connectivity index (χ3n) is 3.08. The van der Waals surface area contributed by atoms with Crippen LogP contribution in [0.3, 0.4) is 0 Å². The fourth-order valence-corrected chi connectivity index (χ4v) is 3.79. The molecule has 0 fully saturated rings. The van der Waals surface area contributed by atoms with Crippen molar-refractivity contribution >= 4 is 37.4 Å². The Hall–Kier alpha value is -1.66. The van der Waals surface area contributed by atoms with Crippen molar-refractivity contribution in [2.45, 2.75) is 16.7 Å². The molecule has 1 amide bonds. The van der Waals surface area contributed by atoms with E-state index in [9.17, 15) is 13.2 Å². The molecule has 21 heavy (non-hydrogen) atoms. The second-order valence-electron chi connectivity index (χ2n) is 4.54. The van der Waals surface area contributed by atoms with Crippen LogP contribution >= 0.6 is 15.9 Å². The van der Waals surface area contributed by atoms with Crippen LogP contribution in [0.15, 0.2) is 62.8 Å². The second-order valence-corrected chi connectivity index (χ2v) is 7.41. The highest BCUT2D eigenvalue weighted by atomic mass is 79.9. The largest absolute Gasteiger partial charge is 0.316 e. The van der Waals surface area contributed by atoms with Crippen LogP contribution in [0.1, 0.15) is 6.92 Å². The number of sulfone groups is 1. The second kappa shape index (κ2) is 5.99. The molecule has 0 N–H and O–H groups in total. The van der Waals surface area contributed by atoms with Crippen LogP contribution in [0.2, 0.25) is 0 Å². The molecule has 0 radical (unpaired) electrons. The summed E-state index contributed by atoms with van der Waals surface area (Å²) < 4.78 is 25.8. The monoisotopic (exact) mass is 367 g/mol. The van der Waals surface area contributed by atoms with E-state index in [2.05, 4.69) is 15.9 Å². The van der Waals surface area contributed by atoms with E-state index < -0.39 is 9.84 Å². The van der Waals surface area contributed by atoms with Crippen LogP contribution in [0.4, 0.5) is 5.69 Å². The molecule has 0 saturated heterocycles. The first-order valence-electron chi connectivity index (χ1n) is 6.17. The predicted molar refractivity (Wildman–Crippen MR) is 85.1 cm³/mol. The quantitative estimate of drug-likeness (QED) is 0.836. The molecule has 0 aromatic heterocycles. The van der Waals surface area contributed by atoms with E-state index in [1.54, 1.807) is 43.4 Å². The van der Waals surface area contributed by atoms with Gasteiger partial charge in [-0.2, -0.15) is 0 Å². The van der Waals surface area contributed by atoms with Gasteiger partial charge in [0.05, 0.1) is 9.79 Å². The van der Waals surface area contributed by atoms with Crippen molar-refractivity contribution in [3.63, 3.8) is 0 Å². The SMILES string of the molecule is CC(=O)N(C)c1cc(Br)cc(S(=O)(=O)c2ccccc2)c1. The number of benzene rings is 2. The first-order chi connectivity index (χ1) is 9.82. The molecule has 0 aliphatic heterocycles. The number of hydrogen-bond acceptors (Lipinski definition) is 3. The number of anilines is 1. The summed E-state index contributed by atoms with van der Waals surface area (Å²) >= 11 is 3.29. The minimum Gasteiger partial charge on any atom is -0.316 e. The molecule has 0 aliphatic carbocycles. The summed E-state index contributed by atoms with van der Waals surface area (Å²) in [5.74, 6) is -0.170. The average molecular weight is 368 g/mol. The maximum atomic E-state index is 12.6. The summed E-state index contributed by atoms with van der Waals surface area (Å²) in [4.78, 5) is 13.2. The summed E-state index contributed by atoms with van der Waals surface area (Å²) in [6, 6.07) is 12.9. The Bertz CT molecular complexity index is 773. The Morgan fingerprint density at radius 3 is 2.24 bits per heavy atom. The van der Waals surface area contributed by atoms with Crippen molar-refractivity contribution in [1.82, 2.24) is 0 Å². The highest BCUT2D eigenvalue weighted by Gasteiger charge is 2.19. The van der Waals surface area contributed by atoms with Gasteiger partial charge in [0.15, 0.2) is 0 Å². The van der Waals surface area contributed by atoms with Crippen LogP contribution in [0.5, 0.6) is 0 Å². The van der Waals surface area contributed by atoms with Gasteiger partial charge >= 0.3 is 0 Å². The molecule has 0 heterocycles. The van der Waals surface area contributed by atoms with Gasteiger partial charge in [0.25, 0.3) is 0 Å². The fourth-order valence-electron chi connectivity index (χ4n) is 1.81. The molecule has 2 aromatic carbocycles. The Labute approximate surface area is 132 Å². The molecule has 0 aliphatic rings. The predicted octanol–water partition coefficient (Wildman–Crippen LogP) is 3.26. The van der Waals surface area contributed by atoms with Crippen LogP contribution in [0.25, 0.3) is 0 Å². The van der Waals surface area contributed by atoms with Gasteiger partial charge in [-0.05, 0) is 30.3 Å². The van der Waals surface area contributed by atoms with Gasteiger partial charge < -0.3 is 4.90 Å². The fraction of sp³-hybridized carbons (Fsp3) is 0.133. The zero-order valence-corrected chi connectivity index (χ0v) is 14.0. The lowest BCUT2D eigenvalue weighted by Gasteiger charge is -2.16. The summed E-state index contributed by atoms with van der Waals surface area (Å²) in [5, 5.41) is 0. The smallest absolute Gasteiger partial charge is 0.223 e. The van der Waals surface area contributed by atoms with Crippen molar-refractivity contribution in [1.29, 1.82) is 0 Å². The van der Waals surface area contributed by atoms with Gasteiger partial charge in [0.1, 0.15) is 0 Å². The maximum absolute atomic E-state index is 12.6. The molecule has 6 heteroatoms. The first kappa shape index (κ1) is 15.7. The number of carbonyl (C=O) groups is 1. The van der Waals surface area contributed by atoms with Crippen LogP contribution in [-0.2, 0) is 14.6 Å². The van der Waals surface area contributed by atoms with Crippen molar-refractivity contribution < 1.29 is 13.2 Å². The van der Waals surface area contributed by atoms with Gasteiger partial charge in [-0.3, -0.25) is 4.79 Å². The Morgan fingerprint density at radius 1 is 1.05 bits per heavy atom.